The zero-order valence-corrected chi connectivity index (χ0v) is 13.7. The average Bonchev–Trinajstić information content (AvgIpc) is 2.90. The number of nitrogens with one attached hydrogen (secondary N) is 1. The summed E-state index contributed by atoms with van der Waals surface area (Å²) in [6.07, 6.45) is 8.28. The van der Waals surface area contributed by atoms with Crippen LogP contribution in [-0.4, -0.2) is 30.5 Å². The van der Waals surface area contributed by atoms with Crippen LogP contribution < -0.4 is 16.0 Å². The molecule has 5 nitrogen and oxygen atoms in total. The van der Waals surface area contributed by atoms with Gasteiger partial charge in [-0.05, 0) is 25.7 Å². The third kappa shape index (κ3) is 4.59. The van der Waals surface area contributed by atoms with Crippen LogP contribution in [0.1, 0.15) is 61.5 Å². The lowest BCUT2D eigenvalue weighted by Gasteiger charge is -2.25. The Bertz CT molecular complexity index is 455. The molecule has 1 saturated heterocycles. The molecule has 6 heteroatoms. The number of piperidine rings is 1. The van der Waals surface area contributed by atoms with Crippen LogP contribution >= 0.6 is 11.3 Å². The number of thiazole rings is 1. The molecule has 1 aliphatic heterocycles. The molecule has 0 saturated carbocycles. The zero-order chi connectivity index (χ0) is 15.1. The summed E-state index contributed by atoms with van der Waals surface area (Å²) in [5.74, 6) is 0.288. The van der Waals surface area contributed by atoms with Crippen molar-refractivity contribution in [3.05, 3.63) is 4.88 Å². The Hall–Kier alpha value is -1.30. The van der Waals surface area contributed by atoms with Gasteiger partial charge < -0.3 is 16.0 Å². The van der Waals surface area contributed by atoms with E-state index in [1.54, 1.807) is 0 Å². The average molecular weight is 310 g/mol. The number of nitrogen functional groups attached to an aromatic ring is 1. The molecule has 0 radical (unpaired) electrons. The number of hydrogen-bond acceptors (Lipinski definition) is 5. The van der Waals surface area contributed by atoms with Gasteiger partial charge in [0.25, 0.3) is 5.91 Å². The first-order chi connectivity index (χ1) is 10.2. The van der Waals surface area contributed by atoms with E-state index in [4.69, 9.17) is 5.73 Å². The fourth-order valence-corrected chi connectivity index (χ4v) is 3.49. The molecule has 1 aromatic rings. The van der Waals surface area contributed by atoms with E-state index in [0.29, 0.717) is 10.7 Å². The molecule has 3 N–H and O–H groups in total. The number of carbonyl (C=O) groups is 1. The first kappa shape index (κ1) is 16.1. The monoisotopic (exact) mass is 310 g/mol. The van der Waals surface area contributed by atoms with Crippen molar-refractivity contribution in [3.63, 3.8) is 0 Å². The lowest BCUT2D eigenvalue weighted by molar-refractivity contribution is 0.0957. The molecular weight excluding hydrogens is 284 g/mol. The van der Waals surface area contributed by atoms with Crippen LogP contribution in [0.25, 0.3) is 0 Å². The molecule has 1 aromatic heterocycles. The fourth-order valence-electron chi connectivity index (χ4n) is 2.54. The number of aromatic nitrogens is 1. The highest BCUT2D eigenvalue weighted by atomic mass is 32.1. The molecule has 0 bridgehead atoms. The maximum absolute atomic E-state index is 12.2. The maximum Gasteiger partial charge on any atom is 0.265 e. The van der Waals surface area contributed by atoms with Gasteiger partial charge in [-0.15, -0.1) is 0 Å². The number of nitrogens with zero attached hydrogens (tertiary/aromatic N) is 2. The smallest absolute Gasteiger partial charge is 0.265 e. The van der Waals surface area contributed by atoms with E-state index < -0.39 is 0 Å². The minimum absolute atomic E-state index is 0.0789. The lowest BCUT2D eigenvalue weighted by Crippen LogP contribution is -2.29. The van der Waals surface area contributed by atoms with Crippen LogP contribution in [0.5, 0.6) is 0 Å². The van der Waals surface area contributed by atoms with Crippen molar-refractivity contribution in [2.24, 2.45) is 0 Å². The normalized spacial score (nSPS) is 15.2. The van der Waals surface area contributed by atoms with E-state index in [2.05, 4.69) is 22.1 Å². The number of hydrogen-bond donors (Lipinski definition) is 2. The second-order valence-electron chi connectivity index (χ2n) is 5.58. The molecule has 0 aliphatic carbocycles. The summed E-state index contributed by atoms with van der Waals surface area (Å²) in [6, 6.07) is 0. The van der Waals surface area contributed by atoms with Crippen LogP contribution in [0.4, 0.5) is 10.9 Å². The summed E-state index contributed by atoms with van der Waals surface area (Å²) in [6.45, 7) is 4.93. The highest BCUT2D eigenvalue weighted by Gasteiger charge is 2.20. The molecule has 1 amide bonds. The van der Waals surface area contributed by atoms with Gasteiger partial charge in [0.05, 0.1) is 0 Å². The third-order valence-corrected chi connectivity index (χ3v) is 4.92. The van der Waals surface area contributed by atoms with E-state index in [9.17, 15) is 4.79 Å². The summed E-state index contributed by atoms with van der Waals surface area (Å²) in [5.41, 5.74) is 5.91. The summed E-state index contributed by atoms with van der Waals surface area (Å²) in [7, 11) is 0. The number of nitrogens with two attached hydrogens (primary N) is 1. The van der Waals surface area contributed by atoms with E-state index in [-0.39, 0.29) is 5.91 Å². The molecular formula is C15H26N4OS. The first-order valence-corrected chi connectivity index (χ1v) is 8.83. The molecule has 0 atom stereocenters. The largest absolute Gasteiger partial charge is 0.382 e. The minimum Gasteiger partial charge on any atom is -0.382 e. The number of amides is 1. The van der Waals surface area contributed by atoms with Crippen LogP contribution in [0, 0.1) is 0 Å². The molecule has 118 valence electrons. The van der Waals surface area contributed by atoms with Crippen LogP contribution in [0.3, 0.4) is 0 Å². The standard InChI is InChI=1S/C15H26N4OS/c1-2-3-4-6-9-17-14(20)12-13(16)18-15(21-12)19-10-7-5-8-11-19/h2-11,16H2,1H3,(H,17,20). The molecule has 21 heavy (non-hydrogen) atoms. The fraction of sp³-hybridized carbons (Fsp3) is 0.733. The van der Waals surface area contributed by atoms with Gasteiger partial charge in [-0.1, -0.05) is 37.5 Å². The van der Waals surface area contributed by atoms with E-state index in [1.807, 2.05) is 0 Å². The van der Waals surface area contributed by atoms with Crippen LogP contribution in [0.2, 0.25) is 0 Å². The van der Waals surface area contributed by atoms with Crippen LogP contribution in [-0.2, 0) is 0 Å². The van der Waals surface area contributed by atoms with Crippen molar-refractivity contribution < 1.29 is 4.79 Å². The Kier molecular flexibility index (Phi) is 6.29. The summed E-state index contributed by atoms with van der Waals surface area (Å²) < 4.78 is 0. The Morgan fingerprint density at radius 2 is 2.05 bits per heavy atom. The lowest BCUT2D eigenvalue weighted by atomic mass is 10.1. The molecule has 2 heterocycles. The molecule has 1 fully saturated rings. The number of unbranched alkanes of at least 4 members (excludes halogenated alkanes) is 3. The van der Waals surface area contributed by atoms with Crippen LogP contribution in [0.15, 0.2) is 0 Å². The summed E-state index contributed by atoms with van der Waals surface area (Å²) in [5, 5.41) is 3.84. The van der Waals surface area contributed by atoms with Crippen molar-refractivity contribution >= 4 is 28.2 Å². The van der Waals surface area contributed by atoms with Gasteiger partial charge in [0.1, 0.15) is 10.7 Å². The van der Waals surface area contributed by atoms with Gasteiger partial charge in [0.2, 0.25) is 0 Å². The number of anilines is 2. The van der Waals surface area contributed by atoms with E-state index in [1.165, 1.54) is 43.4 Å². The Balaban J connectivity index is 1.87. The zero-order valence-electron chi connectivity index (χ0n) is 12.9. The Labute approximate surface area is 130 Å². The maximum atomic E-state index is 12.2. The summed E-state index contributed by atoms with van der Waals surface area (Å²) >= 11 is 1.42. The topological polar surface area (TPSA) is 71.2 Å². The molecule has 1 aliphatic rings. The SMILES string of the molecule is CCCCCCNC(=O)c1sc(N2CCCCC2)nc1N. The second kappa shape index (κ2) is 8.22. The van der Waals surface area contributed by atoms with Gasteiger partial charge in [0.15, 0.2) is 5.13 Å². The molecule has 0 aromatic carbocycles. The quantitative estimate of drug-likeness (QED) is 0.759. The second-order valence-corrected chi connectivity index (χ2v) is 6.55. The van der Waals surface area contributed by atoms with Gasteiger partial charge in [-0.3, -0.25) is 4.79 Å². The predicted octanol–water partition coefficient (Wildman–Crippen LogP) is 3.03. The number of rotatable bonds is 7. The molecule has 2 rings (SSSR count). The van der Waals surface area contributed by atoms with Crippen molar-refractivity contribution in [1.29, 1.82) is 0 Å². The first-order valence-electron chi connectivity index (χ1n) is 8.01. The molecule has 0 spiro atoms. The van der Waals surface area contributed by atoms with Gasteiger partial charge >= 0.3 is 0 Å². The van der Waals surface area contributed by atoms with E-state index >= 15 is 0 Å². The highest BCUT2D eigenvalue weighted by molar-refractivity contribution is 7.18. The van der Waals surface area contributed by atoms with Crippen molar-refractivity contribution in [1.82, 2.24) is 10.3 Å². The molecule has 0 unspecified atom stereocenters. The number of carbonyl (C=O) groups excluding carboxylic acids is 1. The Morgan fingerprint density at radius 3 is 2.76 bits per heavy atom. The summed E-state index contributed by atoms with van der Waals surface area (Å²) in [4.78, 5) is 19.3. The highest BCUT2D eigenvalue weighted by Crippen LogP contribution is 2.29. The van der Waals surface area contributed by atoms with Gasteiger partial charge in [-0.2, -0.15) is 0 Å². The van der Waals surface area contributed by atoms with E-state index in [0.717, 1.165) is 37.6 Å². The van der Waals surface area contributed by atoms with Crippen molar-refractivity contribution in [3.8, 4) is 0 Å². The van der Waals surface area contributed by atoms with Gasteiger partial charge in [0, 0.05) is 19.6 Å². The minimum atomic E-state index is -0.0789. The predicted molar refractivity (Wildman–Crippen MR) is 89.1 cm³/mol. The Morgan fingerprint density at radius 1 is 1.29 bits per heavy atom. The van der Waals surface area contributed by atoms with Gasteiger partial charge in [-0.25, -0.2) is 4.98 Å². The third-order valence-electron chi connectivity index (χ3n) is 3.79. The van der Waals surface area contributed by atoms with Crippen molar-refractivity contribution in [2.75, 3.05) is 30.3 Å². The van der Waals surface area contributed by atoms with Crippen molar-refractivity contribution in [2.45, 2.75) is 51.9 Å².